The molecule has 0 amide bonds. The maximum Gasteiger partial charge on any atom is 0.119 e. The second kappa shape index (κ2) is 8.37. The number of hydrogen-bond acceptors (Lipinski definition) is 3. The van der Waals surface area contributed by atoms with Gasteiger partial charge in [0, 0.05) is 6.54 Å². The Morgan fingerprint density at radius 1 is 1.00 bits per heavy atom. The zero-order valence-electron chi connectivity index (χ0n) is 13.2. The molecule has 2 aromatic rings. The molecule has 0 saturated heterocycles. The third kappa shape index (κ3) is 4.72. The average Bonchev–Trinajstić information content (AvgIpc) is 2.54. The molecule has 22 heavy (non-hydrogen) atoms. The number of ether oxygens (including phenoxy) is 1. The Morgan fingerprint density at radius 2 is 1.64 bits per heavy atom. The highest BCUT2D eigenvalue weighted by atomic mass is 16.5. The predicted molar refractivity (Wildman–Crippen MR) is 91.1 cm³/mol. The molecule has 0 aliphatic carbocycles. The van der Waals surface area contributed by atoms with Gasteiger partial charge in [-0.1, -0.05) is 48.5 Å². The lowest BCUT2D eigenvalue weighted by atomic mass is 9.97. The topological polar surface area (TPSA) is 32.7 Å². The summed E-state index contributed by atoms with van der Waals surface area (Å²) in [6.07, 6.45) is 1.83. The van der Waals surface area contributed by atoms with Gasteiger partial charge in [0.25, 0.3) is 0 Å². The van der Waals surface area contributed by atoms with Crippen LogP contribution in [0.2, 0.25) is 0 Å². The van der Waals surface area contributed by atoms with Crippen LogP contribution in [0.15, 0.2) is 60.7 Å². The van der Waals surface area contributed by atoms with Gasteiger partial charge in [-0.15, -0.1) is 0 Å². The van der Waals surface area contributed by atoms with Crippen molar-refractivity contribution < 1.29 is 9.84 Å². The zero-order chi connectivity index (χ0) is 15.8. The Kier molecular flexibility index (Phi) is 6.19. The summed E-state index contributed by atoms with van der Waals surface area (Å²) in [6.45, 7) is 1.58. The minimum Gasteiger partial charge on any atom is -0.492 e. The summed E-state index contributed by atoms with van der Waals surface area (Å²) in [7, 11) is 4.05. The molecule has 3 nitrogen and oxygen atoms in total. The van der Waals surface area contributed by atoms with Crippen LogP contribution >= 0.6 is 0 Å². The molecule has 0 radical (unpaired) electrons. The van der Waals surface area contributed by atoms with Crippen LogP contribution in [0.25, 0.3) is 5.57 Å². The van der Waals surface area contributed by atoms with E-state index >= 15 is 0 Å². The van der Waals surface area contributed by atoms with Crippen LogP contribution < -0.4 is 4.74 Å². The summed E-state index contributed by atoms with van der Waals surface area (Å²) < 4.78 is 5.71. The summed E-state index contributed by atoms with van der Waals surface area (Å²) >= 11 is 0. The number of nitrogens with zero attached hydrogens (tertiary/aromatic N) is 1. The van der Waals surface area contributed by atoms with Gasteiger partial charge in [-0.2, -0.15) is 0 Å². The highest BCUT2D eigenvalue weighted by molar-refractivity contribution is 5.79. The van der Waals surface area contributed by atoms with E-state index in [4.69, 9.17) is 4.74 Å². The van der Waals surface area contributed by atoms with Crippen LogP contribution in [0.5, 0.6) is 5.75 Å². The Labute approximate surface area is 132 Å². The number of hydrogen-bond donors (Lipinski definition) is 1. The third-order valence-electron chi connectivity index (χ3n) is 3.35. The average molecular weight is 297 g/mol. The Balaban J connectivity index is 2.12. The van der Waals surface area contributed by atoms with E-state index in [0.29, 0.717) is 6.61 Å². The molecule has 0 bridgehead atoms. The van der Waals surface area contributed by atoms with Crippen LogP contribution in [-0.4, -0.2) is 43.9 Å². The summed E-state index contributed by atoms with van der Waals surface area (Å²) in [6, 6.07) is 18.1. The van der Waals surface area contributed by atoms with Crippen LogP contribution in [0, 0.1) is 0 Å². The fraction of sp³-hybridized carbons (Fsp3) is 0.263. The SMILES string of the molecule is CN(C)CCOc1ccc(/C(=C\CO)c2ccccc2)cc1. The summed E-state index contributed by atoms with van der Waals surface area (Å²) in [5.41, 5.74) is 3.20. The Bertz CT molecular complexity index is 589. The predicted octanol–water partition coefficient (Wildman–Crippen LogP) is 3.05. The largest absolute Gasteiger partial charge is 0.492 e. The number of rotatable bonds is 7. The van der Waals surface area contributed by atoms with Crippen molar-refractivity contribution in [3.8, 4) is 5.75 Å². The monoisotopic (exact) mass is 297 g/mol. The number of aliphatic hydroxyl groups is 1. The first-order valence-electron chi connectivity index (χ1n) is 7.45. The maximum atomic E-state index is 9.28. The van der Waals surface area contributed by atoms with E-state index in [1.807, 2.05) is 74.8 Å². The van der Waals surface area contributed by atoms with E-state index in [1.165, 1.54) is 0 Å². The Hall–Kier alpha value is -2.10. The van der Waals surface area contributed by atoms with Gasteiger partial charge in [-0.25, -0.2) is 0 Å². The minimum atomic E-state index is 0.0192. The van der Waals surface area contributed by atoms with E-state index in [0.717, 1.165) is 29.0 Å². The van der Waals surface area contributed by atoms with Crippen LogP contribution in [0.4, 0.5) is 0 Å². The molecule has 0 spiro atoms. The standard InChI is InChI=1S/C19H23NO2/c1-20(2)13-15-22-18-10-8-17(9-11-18)19(12-14-21)16-6-4-3-5-7-16/h3-12,21H,13-15H2,1-2H3/b19-12-. The van der Waals surface area contributed by atoms with Crippen molar-refractivity contribution in [2.45, 2.75) is 0 Å². The smallest absolute Gasteiger partial charge is 0.119 e. The third-order valence-corrected chi connectivity index (χ3v) is 3.35. The highest BCUT2D eigenvalue weighted by Gasteiger charge is 2.05. The molecular weight excluding hydrogens is 274 g/mol. The van der Waals surface area contributed by atoms with E-state index < -0.39 is 0 Å². The molecule has 0 aliphatic heterocycles. The van der Waals surface area contributed by atoms with Crippen LogP contribution in [-0.2, 0) is 0 Å². The van der Waals surface area contributed by atoms with Crippen molar-refractivity contribution in [1.82, 2.24) is 4.90 Å². The molecule has 0 atom stereocenters. The first-order chi connectivity index (χ1) is 10.7. The molecule has 116 valence electrons. The molecule has 0 fully saturated rings. The number of likely N-dealkylation sites (N-methyl/N-ethyl adjacent to an activating group) is 1. The second-order valence-electron chi connectivity index (χ2n) is 5.34. The van der Waals surface area contributed by atoms with Gasteiger partial charge < -0.3 is 14.7 Å². The zero-order valence-corrected chi connectivity index (χ0v) is 13.2. The van der Waals surface area contributed by atoms with Gasteiger partial charge in [0.05, 0.1) is 6.61 Å². The van der Waals surface area contributed by atoms with Crippen molar-refractivity contribution in [2.75, 3.05) is 33.9 Å². The van der Waals surface area contributed by atoms with Crippen molar-refractivity contribution >= 4 is 5.57 Å². The van der Waals surface area contributed by atoms with Crippen molar-refractivity contribution in [2.24, 2.45) is 0 Å². The normalized spacial score (nSPS) is 11.7. The lowest BCUT2D eigenvalue weighted by molar-refractivity contribution is 0.261. The molecule has 3 heteroatoms. The molecule has 0 saturated carbocycles. The molecule has 0 aliphatic rings. The first kappa shape index (κ1) is 16.3. The van der Waals surface area contributed by atoms with E-state index in [9.17, 15) is 5.11 Å². The molecule has 0 unspecified atom stereocenters. The molecule has 0 heterocycles. The van der Waals surface area contributed by atoms with E-state index in [-0.39, 0.29) is 6.61 Å². The number of aliphatic hydroxyl groups excluding tert-OH is 1. The van der Waals surface area contributed by atoms with Gasteiger partial charge in [0.15, 0.2) is 0 Å². The van der Waals surface area contributed by atoms with Crippen LogP contribution in [0.1, 0.15) is 11.1 Å². The summed E-state index contributed by atoms with van der Waals surface area (Å²) in [4.78, 5) is 2.09. The van der Waals surface area contributed by atoms with Crippen LogP contribution in [0.3, 0.4) is 0 Å². The highest BCUT2D eigenvalue weighted by Crippen LogP contribution is 2.25. The molecular formula is C19H23NO2. The van der Waals surface area contributed by atoms with Gasteiger partial charge in [0.1, 0.15) is 12.4 Å². The van der Waals surface area contributed by atoms with E-state index in [2.05, 4.69) is 4.90 Å². The lowest BCUT2D eigenvalue weighted by Crippen LogP contribution is -2.19. The van der Waals surface area contributed by atoms with Crippen molar-refractivity contribution in [3.63, 3.8) is 0 Å². The lowest BCUT2D eigenvalue weighted by Gasteiger charge is -2.12. The molecule has 2 rings (SSSR count). The maximum absolute atomic E-state index is 9.28. The molecule has 1 N–H and O–H groups in total. The second-order valence-corrected chi connectivity index (χ2v) is 5.34. The molecule has 2 aromatic carbocycles. The fourth-order valence-corrected chi connectivity index (χ4v) is 2.19. The fourth-order valence-electron chi connectivity index (χ4n) is 2.19. The summed E-state index contributed by atoms with van der Waals surface area (Å²) in [5, 5.41) is 9.28. The van der Waals surface area contributed by atoms with Crippen molar-refractivity contribution in [3.05, 3.63) is 71.8 Å². The van der Waals surface area contributed by atoms with Gasteiger partial charge in [-0.3, -0.25) is 0 Å². The first-order valence-corrected chi connectivity index (χ1v) is 7.45. The van der Waals surface area contributed by atoms with Gasteiger partial charge in [0.2, 0.25) is 0 Å². The van der Waals surface area contributed by atoms with Crippen molar-refractivity contribution in [1.29, 1.82) is 0 Å². The molecule has 0 aromatic heterocycles. The van der Waals surface area contributed by atoms with Gasteiger partial charge in [-0.05, 0) is 42.9 Å². The van der Waals surface area contributed by atoms with E-state index in [1.54, 1.807) is 0 Å². The summed E-state index contributed by atoms with van der Waals surface area (Å²) in [5.74, 6) is 0.863. The quantitative estimate of drug-likeness (QED) is 0.852. The number of benzene rings is 2. The minimum absolute atomic E-state index is 0.0192. The van der Waals surface area contributed by atoms with Gasteiger partial charge >= 0.3 is 0 Å². The Morgan fingerprint density at radius 3 is 2.23 bits per heavy atom.